The van der Waals surface area contributed by atoms with Gasteiger partial charge in [0.05, 0.1) is 6.07 Å². The highest BCUT2D eigenvalue weighted by Crippen LogP contribution is 2.44. The van der Waals surface area contributed by atoms with Gasteiger partial charge in [0.15, 0.2) is 0 Å². The summed E-state index contributed by atoms with van der Waals surface area (Å²) in [6.45, 7) is 5.83. The van der Waals surface area contributed by atoms with Crippen molar-refractivity contribution in [3.05, 3.63) is 0 Å². The fraction of sp³-hybridized carbons (Fsp3) is 0.778. The summed E-state index contributed by atoms with van der Waals surface area (Å²) < 4.78 is 0. The third kappa shape index (κ3) is 1.76. The Balaban J connectivity index is 2.35. The Morgan fingerprint density at radius 3 is 2.58 bits per heavy atom. The molecule has 12 heavy (non-hydrogen) atoms. The number of hydrogen-bond donors (Lipinski definition) is 1. The molecule has 2 unspecified atom stereocenters. The molecule has 3 heteroatoms. The average molecular weight is 166 g/mol. The second-order valence-corrected chi connectivity index (χ2v) is 4.10. The molecule has 0 aromatic carbocycles. The molecule has 0 aromatic heterocycles. The number of hydrogen-bond acceptors (Lipinski definition) is 2. The van der Waals surface area contributed by atoms with Crippen molar-refractivity contribution >= 4 is 5.91 Å². The zero-order valence-corrected chi connectivity index (χ0v) is 7.72. The van der Waals surface area contributed by atoms with E-state index in [1.54, 1.807) is 6.92 Å². The van der Waals surface area contributed by atoms with Crippen LogP contribution in [0.25, 0.3) is 0 Å². The van der Waals surface area contributed by atoms with Crippen LogP contribution in [-0.4, -0.2) is 11.9 Å². The van der Waals surface area contributed by atoms with E-state index in [1.165, 1.54) is 0 Å². The van der Waals surface area contributed by atoms with Gasteiger partial charge >= 0.3 is 0 Å². The molecular formula is C9H14N2O. The van der Waals surface area contributed by atoms with Crippen molar-refractivity contribution in [2.75, 3.05) is 0 Å². The van der Waals surface area contributed by atoms with E-state index in [9.17, 15) is 4.79 Å². The second kappa shape index (κ2) is 2.78. The topological polar surface area (TPSA) is 52.9 Å². The average Bonchev–Trinajstić information content (AvgIpc) is 2.57. The molecule has 0 spiro atoms. The molecular weight excluding hydrogens is 152 g/mol. The van der Waals surface area contributed by atoms with Gasteiger partial charge in [0.1, 0.15) is 5.92 Å². The van der Waals surface area contributed by atoms with E-state index in [1.807, 2.05) is 6.07 Å². The molecule has 0 bridgehead atoms. The number of carbonyl (C=O) groups is 1. The van der Waals surface area contributed by atoms with Gasteiger partial charge in [-0.2, -0.15) is 5.26 Å². The number of nitrogens with zero attached hydrogens (tertiary/aromatic N) is 1. The molecule has 1 aliphatic carbocycles. The quantitative estimate of drug-likeness (QED) is 0.667. The summed E-state index contributed by atoms with van der Waals surface area (Å²) in [4.78, 5) is 11.2. The molecule has 2 atom stereocenters. The maximum absolute atomic E-state index is 11.2. The van der Waals surface area contributed by atoms with Crippen molar-refractivity contribution < 1.29 is 4.79 Å². The van der Waals surface area contributed by atoms with E-state index in [0.29, 0.717) is 0 Å². The summed E-state index contributed by atoms with van der Waals surface area (Å²) >= 11 is 0. The van der Waals surface area contributed by atoms with Gasteiger partial charge < -0.3 is 5.32 Å². The lowest BCUT2D eigenvalue weighted by molar-refractivity contribution is -0.123. The van der Waals surface area contributed by atoms with Gasteiger partial charge in [-0.25, -0.2) is 0 Å². The molecule has 1 rings (SSSR count). The maximum atomic E-state index is 11.2. The predicted molar refractivity (Wildman–Crippen MR) is 45.1 cm³/mol. The summed E-state index contributed by atoms with van der Waals surface area (Å²) in [6.07, 6.45) is 1.02. The Bertz CT molecular complexity index is 239. The molecule has 1 aliphatic rings. The zero-order chi connectivity index (χ0) is 9.35. The van der Waals surface area contributed by atoms with Crippen molar-refractivity contribution in [1.82, 2.24) is 5.32 Å². The summed E-state index contributed by atoms with van der Waals surface area (Å²) in [7, 11) is 0. The molecule has 0 aliphatic heterocycles. The molecule has 0 saturated heterocycles. The molecule has 1 N–H and O–H groups in total. The van der Waals surface area contributed by atoms with Crippen molar-refractivity contribution in [2.45, 2.75) is 33.2 Å². The van der Waals surface area contributed by atoms with Gasteiger partial charge in [-0.1, -0.05) is 13.8 Å². The Kier molecular flexibility index (Phi) is 2.10. The van der Waals surface area contributed by atoms with Gasteiger partial charge in [0.2, 0.25) is 5.91 Å². The van der Waals surface area contributed by atoms with Crippen molar-refractivity contribution in [1.29, 1.82) is 5.26 Å². The van der Waals surface area contributed by atoms with Gasteiger partial charge in [0, 0.05) is 6.04 Å². The van der Waals surface area contributed by atoms with Crippen LogP contribution in [0, 0.1) is 22.7 Å². The SMILES string of the molecule is CC(C#N)C(=O)NC1CC1(C)C. The minimum atomic E-state index is -0.526. The highest BCUT2D eigenvalue weighted by atomic mass is 16.2. The van der Waals surface area contributed by atoms with Crippen molar-refractivity contribution in [2.24, 2.45) is 11.3 Å². The molecule has 3 nitrogen and oxygen atoms in total. The normalized spacial score (nSPS) is 27.0. The first kappa shape index (κ1) is 9.05. The van der Waals surface area contributed by atoms with Crippen LogP contribution < -0.4 is 5.32 Å². The minimum Gasteiger partial charge on any atom is -0.352 e. The minimum absolute atomic E-state index is 0.145. The van der Waals surface area contributed by atoms with Crippen LogP contribution in [0.3, 0.4) is 0 Å². The number of rotatable bonds is 2. The number of nitrogens with one attached hydrogen (secondary N) is 1. The molecule has 66 valence electrons. The first-order valence-electron chi connectivity index (χ1n) is 4.17. The van der Waals surface area contributed by atoms with Crippen LogP contribution in [0.4, 0.5) is 0 Å². The first-order chi connectivity index (χ1) is 5.47. The van der Waals surface area contributed by atoms with Gasteiger partial charge in [0.25, 0.3) is 0 Å². The van der Waals surface area contributed by atoms with Crippen LogP contribution in [0.1, 0.15) is 27.2 Å². The highest BCUT2D eigenvalue weighted by Gasteiger charge is 2.46. The van der Waals surface area contributed by atoms with E-state index in [4.69, 9.17) is 5.26 Å². The lowest BCUT2D eigenvalue weighted by Crippen LogP contribution is -2.32. The van der Waals surface area contributed by atoms with Crippen molar-refractivity contribution in [3.8, 4) is 6.07 Å². The zero-order valence-electron chi connectivity index (χ0n) is 7.72. The smallest absolute Gasteiger partial charge is 0.237 e. The summed E-state index contributed by atoms with van der Waals surface area (Å²) in [5.74, 6) is -0.672. The van der Waals surface area contributed by atoms with E-state index in [2.05, 4.69) is 19.2 Å². The fourth-order valence-corrected chi connectivity index (χ4v) is 1.07. The monoisotopic (exact) mass is 166 g/mol. The first-order valence-corrected chi connectivity index (χ1v) is 4.17. The van der Waals surface area contributed by atoms with Crippen LogP contribution >= 0.6 is 0 Å². The molecule has 0 aromatic rings. The molecule has 1 amide bonds. The largest absolute Gasteiger partial charge is 0.352 e. The van der Waals surface area contributed by atoms with E-state index >= 15 is 0 Å². The van der Waals surface area contributed by atoms with Crippen LogP contribution in [0.15, 0.2) is 0 Å². The lowest BCUT2D eigenvalue weighted by Gasteiger charge is -2.07. The number of nitriles is 1. The molecule has 0 radical (unpaired) electrons. The Morgan fingerprint density at radius 2 is 2.25 bits per heavy atom. The van der Waals surface area contributed by atoms with E-state index in [0.717, 1.165) is 6.42 Å². The van der Waals surface area contributed by atoms with Gasteiger partial charge in [-0.05, 0) is 18.8 Å². The van der Waals surface area contributed by atoms with E-state index < -0.39 is 5.92 Å². The van der Waals surface area contributed by atoms with Crippen LogP contribution in [-0.2, 0) is 4.79 Å². The Hall–Kier alpha value is -1.04. The standard InChI is InChI=1S/C9H14N2O/c1-6(5-10)8(12)11-7-4-9(7,2)3/h6-7H,4H2,1-3H3,(H,11,12). The van der Waals surface area contributed by atoms with E-state index in [-0.39, 0.29) is 17.4 Å². The van der Waals surface area contributed by atoms with Gasteiger partial charge in [-0.3, -0.25) is 4.79 Å². The molecule has 1 saturated carbocycles. The fourth-order valence-electron chi connectivity index (χ4n) is 1.07. The lowest BCUT2D eigenvalue weighted by atomic mass is 10.1. The number of carbonyl (C=O) groups excluding carboxylic acids is 1. The Morgan fingerprint density at radius 1 is 1.75 bits per heavy atom. The second-order valence-electron chi connectivity index (χ2n) is 4.10. The van der Waals surface area contributed by atoms with Crippen LogP contribution in [0.2, 0.25) is 0 Å². The van der Waals surface area contributed by atoms with Crippen LogP contribution in [0.5, 0.6) is 0 Å². The predicted octanol–water partition coefficient (Wildman–Crippen LogP) is 1.06. The summed E-state index contributed by atoms with van der Waals surface area (Å²) in [5.41, 5.74) is 0.241. The summed E-state index contributed by atoms with van der Waals surface area (Å²) in [6, 6.07) is 2.19. The van der Waals surface area contributed by atoms with Crippen molar-refractivity contribution in [3.63, 3.8) is 0 Å². The Labute approximate surface area is 72.8 Å². The van der Waals surface area contributed by atoms with Gasteiger partial charge in [-0.15, -0.1) is 0 Å². The number of amides is 1. The third-order valence-electron chi connectivity index (χ3n) is 2.42. The maximum Gasteiger partial charge on any atom is 0.237 e. The highest BCUT2D eigenvalue weighted by molar-refractivity contribution is 5.81. The molecule has 1 fully saturated rings. The third-order valence-corrected chi connectivity index (χ3v) is 2.42. The summed E-state index contributed by atoms with van der Waals surface area (Å²) in [5, 5.41) is 11.3. The molecule has 0 heterocycles.